The lowest BCUT2D eigenvalue weighted by Gasteiger charge is -2.26. The summed E-state index contributed by atoms with van der Waals surface area (Å²) >= 11 is 0. The molecule has 7 nitrogen and oxygen atoms in total. The monoisotopic (exact) mass is 347 g/mol. The highest BCUT2D eigenvalue weighted by atomic mass is 16.5. The van der Waals surface area contributed by atoms with E-state index in [4.69, 9.17) is 4.74 Å². The maximum atomic E-state index is 12.3. The van der Waals surface area contributed by atoms with Crippen molar-refractivity contribution in [3.63, 3.8) is 0 Å². The fraction of sp³-hybridized carbons (Fsp3) is 0.556. The van der Waals surface area contributed by atoms with E-state index in [-0.39, 0.29) is 29.9 Å². The maximum absolute atomic E-state index is 12.3. The average Bonchev–Trinajstić information content (AvgIpc) is 3.02. The number of rotatable bonds is 6. The number of carbonyl (C=O) groups is 2. The van der Waals surface area contributed by atoms with Gasteiger partial charge in [-0.05, 0) is 37.2 Å². The van der Waals surface area contributed by atoms with E-state index in [1.807, 2.05) is 0 Å². The molecule has 0 saturated carbocycles. The zero-order chi connectivity index (χ0) is 17.6. The molecule has 2 heterocycles. The van der Waals surface area contributed by atoms with E-state index in [2.05, 4.69) is 10.2 Å². The van der Waals surface area contributed by atoms with Gasteiger partial charge in [0, 0.05) is 38.3 Å². The van der Waals surface area contributed by atoms with Gasteiger partial charge in [-0.3, -0.25) is 14.5 Å². The Hall–Kier alpha value is -2.12. The number of hydrogen-bond acceptors (Lipinski definition) is 5. The summed E-state index contributed by atoms with van der Waals surface area (Å²) in [6.07, 6.45) is 1.13. The number of hydrogen-bond donors (Lipinski definition) is 2. The maximum Gasteiger partial charge on any atom is 0.227 e. The predicted octanol–water partition coefficient (Wildman–Crippen LogP) is 0.584. The molecule has 2 amide bonds. The van der Waals surface area contributed by atoms with E-state index in [0.717, 1.165) is 39.3 Å². The molecule has 2 N–H and O–H groups in total. The molecule has 2 aliphatic rings. The Bertz CT molecular complexity index is 599. The highest BCUT2D eigenvalue weighted by Crippen LogP contribution is 2.26. The molecule has 0 aliphatic carbocycles. The molecule has 3 rings (SSSR count). The Morgan fingerprint density at radius 2 is 1.96 bits per heavy atom. The van der Waals surface area contributed by atoms with Crippen LogP contribution in [0.2, 0.25) is 0 Å². The summed E-state index contributed by atoms with van der Waals surface area (Å²) in [6.45, 7) is 5.43. The molecule has 2 fully saturated rings. The van der Waals surface area contributed by atoms with Crippen molar-refractivity contribution in [1.82, 2.24) is 10.2 Å². The van der Waals surface area contributed by atoms with Crippen LogP contribution < -0.4 is 10.2 Å². The van der Waals surface area contributed by atoms with Crippen molar-refractivity contribution in [2.45, 2.75) is 12.8 Å². The smallest absolute Gasteiger partial charge is 0.227 e. The highest BCUT2D eigenvalue weighted by Gasteiger charge is 2.34. The number of aromatic hydroxyl groups is 1. The molecule has 2 aliphatic heterocycles. The van der Waals surface area contributed by atoms with Gasteiger partial charge in [-0.1, -0.05) is 0 Å². The number of nitrogens with one attached hydrogen (secondary N) is 1. The molecule has 0 bridgehead atoms. The van der Waals surface area contributed by atoms with Gasteiger partial charge in [0.05, 0.1) is 19.1 Å². The minimum atomic E-state index is -0.315. The van der Waals surface area contributed by atoms with Gasteiger partial charge in [0.1, 0.15) is 5.75 Å². The summed E-state index contributed by atoms with van der Waals surface area (Å²) in [7, 11) is 0. The van der Waals surface area contributed by atoms with Crippen molar-refractivity contribution < 1.29 is 19.4 Å². The number of anilines is 1. The molecule has 1 aromatic rings. The summed E-state index contributed by atoms with van der Waals surface area (Å²) in [5, 5.41) is 12.3. The van der Waals surface area contributed by atoms with Crippen LogP contribution in [-0.4, -0.2) is 67.8 Å². The zero-order valence-electron chi connectivity index (χ0n) is 14.3. The van der Waals surface area contributed by atoms with Crippen LogP contribution in [0, 0.1) is 5.92 Å². The molecule has 1 unspecified atom stereocenters. The first-order chi connectivity index (χ1) is 12.1. The first-order valence-corrected chi connectivity index (χ1v) is 8.80. The molecule has 1 atom stereocenters. The third-order valence-electron chi connectivity index (χ3n) is 4.71. The fourth-order valence-electron chi connectivity index (χ4n) is 3.25. The number of ether oxygens (including phenoxy) is 1. The van der Waals surface area contributed by atoms with Crippen molar-refractivity contribution in [2.24, 2.45) is 5.92 Å². The summed E-state index contributed by atoms with van der Waals surface area (Å²) < 4.78 is 5.31. The van der Waals surface area contributed by atoms with E-state index >= 15 is 0 Å². The van der Waals surface area contributed by atoms with Crippen molar-refractivity contribution in [2.75, 3.05) is 50.8 Å². The standard InChI is InChI=1S/C18H25N3O4/c22-16-4-2-15(3-5-16)21-13-14(12-17(21)23)18(24)19-6-1-7-20-8-10-25-11-9-20/h2-5,14,22H,1,6-13H2,(H,19,24). The van der Waals surface area contributed by atoms with Crippen LogP contribution in [0.4, 0.5) is 5.69 Å². The third-order valence-corrected chi connectivity index (χ3v) is 4.71. The Labute approximate surface area is 147 Å². The predicted molar refractivity (Wildman–Crippen MR) is 93.5 cm³/mol. The topological polar surface area (TPSA) is 82.1 Å². The van der Waals surface area contributed by atoms with E-state index in [0.29, 0.717) is 18.8 Å². The molecule has 25 heavy (non-hydrogen) atoms. The van der Waals surface area contributed by atoms with Gasteiger partial charge in [-0.2, -0.15) is 0 Å². The zero-order valence-corrected chi connectivity index (χ0v) is 14.3. The number of phenolic OH excluding ortho intramolecular Hbond substituents is 1. The van der Waals surface area contributed by atoms with E-state index in [9.17, 15) is 14.7 Å². The average molecular weight is 347 g/mol. The summed E-state index contributed by atoms with van der Waals surface area (Å²) in [5.74, 6) is -0.273. The van der Waals surface area contributed by atoms with Gasteiger partial charge >= 0.3 is 0 Å². The lowest BCUT2D eigenvalue weighted by molar-refractivity contribution is -0.126. The quantitative estimate of drug-likeness (QED) is 0.736. The van der Waals surface area contributed by atoms with Crippen LogP contribution in [0.1, 0.15) is 12.8 Å². The van der Waals surface area contributed by atoms with Crippen LogP contribution in [0.25, 0.3) is 0 Å². The lowest BCUT2D eigenvalue weighted by atomic mass is 10.1. The first kappa shape index (κ1) is 17.7. The minimum Gasteiger partial charge on any atom is -0.508 e. The lowest BCUT2D eigenvalue weighted by Crippen LogP contribution is -2.39. The number of morpholine rings is 1. The van der Waals surface area contributed by atoms with Crippen LogP contribution in [-0.2, 0) is 14.3 Å². The van der Waals surface area contributed by atoms with Gasteiger partial charge in [0.15, 0.2) is 0 Å². The number of benzene rings is 1. The molecule has 136 valence electrons. The third kappa shape index (κ3) is 4.70. The van der Waals surface area contributed by atoms with E-state index in [1.165, 1.54) is 0 Å². The van der Waals surface area contributed by atoms with E-state index in [1.54, 1.807) is 29.2 Å². The number of nitrogens with zero attached hydrogens (tertiary/aromatic N) is 2. The fourth-order valence-corrected chi connectivity index (χ4v) is 3.25. The first-order valence-electron chi connectivity index (χ1n) is 8.80. The van der Waals surface area contributed by atoms with Crippen molar-refractivity contribution in [3.05, 3.63) is 24.3 Å². The number of carbonyl (C=O) groups excluding carboxylic acids is 2. The Morgan fingerprint density at radius 3 is 2.68 bits per heavy atom. The van der Waals surface area contributed by atoms with Crippen LogP contribution in [0.15, 0.2) is 24.3 Å². The van der Waals surface area contributed by atoms with Crippen LogP contribution in [0.3, 0.4) is 0 Å². The number of phenols is 1. The Kier molecular flexibility index (Phi) is 5.88. The highest BCUT2D eigenvalue weighted by molar-refractivity contribution is 6.00. The molecule has 1 aromatic carbocycles. The summed E-state index contributed by atoms with van der Waals surface area (Å²) in [5.41, 5.74) is 0.713. The Morgan fingerprint density at radius 1 is 1.24 bits per heavy atom. The normalized spacial score (nSPS) is 21.5. The van der Waals surface area contributed by atoms with Crippen LogP contribution in [0.5, 0.6) is 5.75 Å². The largest absolute Gasteiger partial charge is 0.508 e. The Balaban J connectivity index is 1.42. The second-order valence-corrected chi connectivity index (χ2v) is 6.52. The molecular formula is C18H25N3O4. The van der Waals surface area contributed by atoms with E-state index < -0.39 is 0 Å². The number of amides is 2. The van der Waals surface area contributed by atoms with Crippen molar-refractivity contribution >= 4 is 17.5 Å². The van der Waals surface area contributed by atoms with Crippen molar-refractivity contribution in [1.29, 1.82) is 0 Å². The second kappa shape index (κ2) is 8.31. The SMILES string of the molecule is O=C(NCCCN1CCOCC1)C1CC(=O)N(c2ccc(O)cc2)C1. The summed E-state index contributed by atoms with van der Waals surface area (Å²) in [4.78, 5) is 28.4. The molecule has 0 aromatic heterocycles. The van der Waals surface area contributed by atoms with Gasteiger partial charge < -0.3 is 20.1 Å². The minimum absolute atomic E-state index is 0.0563. The van der Waals surface area contributed by atoms with Gasteiger partial charge in [0.2, 0.25) is 11.8 Å². The molecular weight excluding hydrogens is 322 g/mol. The van der Waals surface area contributed by atoms with Gasteiger partial charge in [-0.25, -0.2) is 0 Å². The molecule has 0 spiro atoms. The van der Waals surface area contributed by atoms with Crippen molar-refractivity contribution in [3.8, 4) is 5.75 Å². The molecule has 0 radical (unpaired) electrons. The second-order valence-electron chi connectivity index (χ2n) is 6.52. The molecule has 2 saturated heterocycles. The van der Waals surface area contributed by atoms with Gasteiger partial charge in [0.25, 0.3) is 0 Å². The molecule has 7 heteroatoms. The summed E-state index contributed by atoms with van der Waals surface area (Å²) in [6, 6.07) is 6.47. The van der Waals surface area contributed by atoms with Crippen LogP contribution >= 0.6 is 0 Å². The van der Waals surface area contributed by atoms with Gasteiger partial charge in [-0.15, -0.1) is 0 Å².